The van der Waals surface area contributed by atoms with Crippen LogP contribution in [-0.2, 0) is 16.0 Å². The molecule has 0 aromatic carbocycles. The number of hydrogen-bond donors (Lipinski definition) is 1. The highest BCUT2D eigenvalue weighted by molar-refractivity contribution is 4.92. The second kappa shape index (κ2) is 4.76. The highest BCUT2D eigenvalue weighted by Crippen LogP contribution is 2.31. The zero-order chi connectivity index (χ0) is 11.6. The van der Waals surface area contributed by atoms with Gasteiger partial charge in [-0.25, -0.2) is 0 Å². The Balaban J connectivity index is 1.60. The Morgan fingerprint density at radius 3 is 3.41 bits per heavy atom. The molecule has 1 N–H and O–H groups in total. The SMILES string of the molecule is c1cnn(C[C@@H]2CC[C@@]3(CNCCOC3)O2)c1. The molecule has 3 rings (SSSR count). The first-order valence-electron chi connectivity index (χ1n) is 6.30. The van der Waals surface area contributed by atoms with E-state index in [4.69, 9.17) is 9.47 Å². The van der Waals surface area contributed by atoms with Gasteiger partial charge in [0.2, 0.25) is 0 Å². The van der Waals surface area contributed by atoms with E-state index >= 15 is 0 Å². The van der Waals surface area contributed by atoms with Crippen LogP contribution in [0.5, 0.6) is 0 Å². The summed E-state index contributed by atoms with van der Waals surface area (Å²) in [7, 11) is 0. The summed E-state index contributed by atoms with van der Waals surface area (Å²) in [5.41, 5.74) is -0.103. The maximum Gasteiger partial charge on any atom is 0.104 e. The monoisotopic (exact) mass is 237 g/mol. The van der Waals surface area contributed by atoms with Crippen LogP contribution in [0.4, 0.5) is 0 Å². The number of rotatable bonds is 2. The quantitative estimate of drug-likeness (QED) is 0.810. The summed E-state index contributed by atoms with van der Waals surface area (Å²) in [6.45, 7) is 4.18. The van der Waals surface area contributed by atoms with Crippen molar-refractivity contribution in [2.45, 2.75) is 31.1 Å². The maximum absolute atomic E-state index is 6.19. The van der Waals surface area contributed by atoms with E-state index in [2.05, 4.69) is 10.4 Å². The number of nitrogens with one attached hydrogen (secondary N) is 1. The molecule has 94 valence electrons. The van der Waals surface area contributed by atoms with Gasteiger partial charge in [-0.15, -0.1) is 0 Å². The van der Waals surface area contributed by atoms with Gasteiger partial charge in [0.1, 0.15) is 5.60 Å². The van der Waals surface area contributed by atoms with Crippen LogP contribution in [0.1, 0.15) is 12.8 Å². The lowest BCUT2D eigenvalue weighted by atomic mass is 10.0. The Morgan fingerprint density at radius 1 is 1.53 bits per heavy atom. The molecule has 17 heavy (non-hydrogen) atoms. The van der Waals surface area contributed by atoms with Gasteiger partial charge in [0.25, 0.3) is 0 Å². The molecular formula is C12H19N3O2. The Hall–Kier alpha value is -0.910. The Labute approximate surface area is 101 Å². The van der Waals surface area contributed by atoms with Gasteiger partial charge in [0.05, 0.1) is 25.9 Å². The largest absolute Gasteiger partial charge is 0.377 e. The molecule has 2 atom stereocenters. The van der Waals surface area contributed by atoms with E-state index in [1.807, 2.05) is 16.9 Å². The minimum Gasteiger partial charge on any atom is -0.377 e. The van der Waals surface area contributed by atoms with Crippen molar-refractivity contribution in [2.75, 3.05) is 26.3 Å². The summed E-state index contributed by atoms with van der Waals surface area (Å²) in [5, 5.41) is 7.61. The van der Waals surface area contributed by atoms with Crippen molar-refractivity contribution in [3.63, 3.8) is 0 Å². The van der Waals surface area contributed by atoms with E-state index < -0.39 is 0 Å². The number of ether oxygens (including phenoxy) is 2. The molecule has 0 unspecified atom stereocenters. The van der Waals surface area contributed by atoms with Crippen LogP contribution in [0.15, 0.2) is 18.5 Å². The summed E-state index contributed by atoms with van der Waals surface area (Å²) in [6.07, 6.45) is 6.21. The van der Waals surface area contributed by atoms with Gasteiger partial charge in [-0.2, -0.15) is 5.10 Å². The van der Waals surface area contributed by atoms with Gasteiger partial charge in [0.15, 0.2) is 0 Å². The number of nitrogens with zero attached hydrogens (tertiary/aromatic N) is 2. The lowest BCUT2D eigenvalue weighted by molar-refractivity contribution is -0.0821. The molecule has 5 heteroatoms. The zero-order valence-electron chi connectivity index (χ0n) is 9.97. The van der Waals surface area contributed by atoms with Crippen LogP contribution in [-0.4, -0.2) is 47.8 Å². The molecule has 2 aliphatic heterocycles. The summed E-state index contributed by atoms with van der Waals surface area (Å²) in [5.74, 6) is 0. The molecule has 1 aromatic rings. The first-order valence-corrected chi connectivity index (χ1v) is 6.30. The Morgan fingerprint density at radius 2 is 2.53 bits per heavy atom. The van der Waals surface area contributed by atoms with E-state index in [0.29, 0.717) is 0 Å². The first-order chi connectivity index (χ1) is 8.36. The minimum atomic E-state index is -0.103. The molecule has 1 aromatic heterocycles. The molecular weight excluding hydrogens is 218 g/mol. The molecule has 2 aliphatic rings. The molecule has 2 saturated heterocycles. The fraction of sp³-hybridized carbons (Fsp3) is 0.750. The average molecular weight is 237 g/mol. The fourth-order valence-corrected chi connectivity index (χ4v) is 2.65. The highest BCUT2D eigenvalue weighted by Gasteiger charge is 2.41. The third-order valence-electron chi connectivity index (χ3n) is 3.52. The van der Waals surface area contributed by atoms with Gasteiger partial charge >= 0.3 is 0 Å². The summed E-state index contributed by atoms with van der Waals surface area (Å²) < 4.78 is 13.7. The van der Waals surface area contributed by atoms with Crippen LogP contribution < -0.4 is 5.32 Å². The van der Waals surface area contributed by atoms with Crippen LogP contribution in [0.2, 0.25) is 0 Å². The predicted molar refractivity (Wildman–Crippen MR) is 62.8 cm³/mol. The van der Waals surface area contributed by atoms with E-state index in [0.717, 1.165) is 45.7 Å². The molecule has 0 saturated carbocycles. The van der Waals surface area contributed by atoms with Crippen molar-refractivity contribution in [3.05, 3.63) is 18.5 Å². The van der Waals surface area contributed by atoms with E-state index in [-0.39, 0.29) is 11.7 Å². The van der Waals surface area contributed by atoms with E-state index in [1.54, 1.807) is 6.20 Å². The lowest BCUT2D eigenvalue weighted by Gasteiger charge is -2.27. The van der Waals surface area contributed by atoms with E-state index in [1.165, 1.54) is 0 Å². The van der Waals surface area contributed by atoms with Gasteiger partial charge in [-0.1, -0.05) is 0 Å². The lowest BCUT2D eigenvalue weighted by Crippen LogP contribution is -2.42. The normalized spacial score (nSPS) is 34.0. The van der Waals surface area contributed by atoms with Gasteiger partial charge in [-0.05, 0) is 18.9 Å². The van der Waals surface area contributed by atoms with Gasteiger partial charge in [0, 0.05) is 25.5 Å². The molecule has 5 nitrogen and oxygen atoms in total. The molecule has 0 radical (unpaired) electrons. The molecule has 0 aliphatic carbocycles. The van der Waals surface area contributed by atoms with Crippen LogP contribution >= 0.6 is 0 Å². The van der Waals surface area contributed by atoms with Crippen LogP contribution in [0.3, 0.4) is 0 Å². The third kappa shape index (κ3) is 2.51. The van der Waals surface area contributed by atoms with Gasteiger partial charge in [-0.3, -0.25) is 4.68 Å². The van der Waals surface area contributed by atoms with E-state index in [9.17, 15) is 0 Å². The smallest absolute Gasteiger partial charge is 0.104 e. The van der Waals surface area contributed by atoms with Crippen molar-refractivity contribution >= 4 is 0 Å². The molecule has 0 bridgehead atoms. The third-order valence-corrected chi connectivity index (χ3v) is 3.52. The first kappa shape index (κ1) is 11.2. The van der Waals surface area contributed by atoms with Crippen molar-refractivity contribution in [2.24, 2.45) is 0 Å². The molecule has 2 fully saturated rings. The summed E-state index contributed by atoms with van der Waals surface area (Å²) in [6, 6.07) is 1.95. The predicted octanol–water partition coefficient (Wildman–Crippen LogP) is 0.421. The summed E-state index contributed by atoms with van der Waals surface area (Å²) >= 11 is 0. The van der Waals surface area contributed by atoms with Crippen molar-refractivity contribution in [3.8, 4) is 0 Å². The van der Waals surface area contributed by atoms with Crippen molar-refractivity contribution in [1.82, 2.24) is 15.1 Å². The highest BCUT2D eigenvalue weighted by atomic mass is 16.6. The van der Waals surface area contributed by atoms with Crippen molar-refractivity contribution < 1.29 is 9.47 Å². The Kier molecular flexibility index (Phi) is 3.13. The number of hydrogen-bond acceptors (Lipinski definition) is 4. The second-order valence-electron chi connectivity index (χ2n) is 4.92. The second-order valence-corrected chi connectivity index (χ2v) is 4.92. The minimum absolute atomic E-state index is 0.103. The molecule has 1 spiro atoms. The summed E-state index contributed by atoms with van der Waals surface area (Å²) in [4.78, 5) is 0. The molecule has 3 heterocycles. The zero-order valence-corrected chi connectivity index (χ0v) is 9.97. The van der Waals surface area contributed by atoms with Gasteiger partial charge < -0.3 is 14.8 Å². The average Bonchev–Trinajstić information content (AvgIpc) is 2.89. The maximum atomic E-state index is 6.19. The van der Waals surface area contributed by atoms with Crippen LogP contribution in [0, 0.1) is 0 Å². The standard InChI is InChI=1S/C12H19N3O2/c1-4-14-15(6-1)8-11-2-3-12(17-11)9-13-5-7-16-10-12/h1,4,6,11,13H,2-3,5,7-10H2/t11-,12-/m0/s1. The Bertz CT molecular complexity index is 345. The molecule has 0 amide bonds. The topological polar surface area (TPSA) is 48.3 Å². The van der Waals surface area contributed by atoms with Crippen LogP contribution in [0.25, 0.3) is 0 Å². The van der Waals surface area contributed by atoms with Crippen molar-refractivity contribution in [1.29, 1.82) is 0 Å². The fourth-order valence-electron chi connectivity index (χ4n) is 2.65. The number of aromatic nitrogens is 2.